The first-order valence-electron chi connectivity index (χ1n) is 7.81. The van der Waals surface area contributed by atoms with Crippen LogP contribution in [0.5, 0.6) is 0 Å². The molecule has 8 heteroatoms. The summed E-state index contributed by atoms with van der Waals surface area (Å²) in [5.74, 6) is -0.0929. The van der Waals surface area contributed by atoms with E-state index in [1.54, 1.807) is 12.1 Å². The summed E-state index contributed by atoms with van der Waals surface area (Å²) >= 11 is 0. The predicted molar refractivity (Wildman–Crippen MR) is 89.5 cm³/mol. The predicted octanol–water partition coefficient (Wildman–Crippen LogP) is 4.12. The van der Waals surface area contributed by atoms with Gasteiger partial charge in [0, 0.05) is 6.54 Å². The molecular formula is C17H17FN2O4S. The number of hydrogen-bond acceptors (Lipinski definition) is 6. The first kappa shape index (κ1) is 17.2. The lowest BCUT2D eigenvalue weighted by Gasteiger charge is -2.05. The summed E-state index contributed by atoms with van der Waals surface area (Å²) in [6, 6.07) is 7.84. The van der Waals surface area contributed by atoms with E-state index in [2.05, 4.69) is 10.3 Å². The van der Waals surface area contributed by atoms with Crippen molar-refractivity contribution >= 4 is 15.7 Å². The Morgan fingerprint density at radius 3 is 2.60 bits per heavy atom. The number of sulfone groups is 1. The SMILES string of the molecule is CCCCNc1oc(-c2ccco2)nc1S(=O)(=O)c1ccc(F)cc1. The van der Waals surface area contributed by atoms with Crippen LogP contribution in [0, 0.1) is 5.82 Å². The third-order valence-electron chi connectivity index (χ3n) is 3.52. The summed E-state index contributed by atoms with van der Waals surface area (Å²) in [5, 5.41) is 2.71. The zero-order valence-corrected chi connectivity index (χ0v) is 14.3. The van der Waals surface area contributed by atoms with Crippen molar-refractivity contribution in [1.82, 2.24) is 4.98 Å². The lowest BCUT2D eigenvalue weighted by Crippen LogP contribution is -2.08. The van der Waals surface area contributed by atoms with Gasteiger partial charge in [-0.15, -0.1) is 0 Å². The Bertz CT molecular complexity index is 932. The molecule has 1 aromatic carbocycles. The van der Waals surface area contributed by atoms with Crippen LogP contribution in [0.15, 0.2) is 61.4 Å². The van der Waals surface area contributed by atoms with E-state index in [1.165, 1.54) is 18.4 Å². The van der Waals surface area contributed by atoms with Crippen LogP contribution in [0.4, 0.5) is 10.3 Å². The molecule has 0 unspecified atom stereocenters. The van der Waals surface area contributed by atoms with Gasteiger partial charge in [-0.05, 0) is 42.8 Å². The summed E-state index contributed by atoms with van der Waals surface area (Å²) in [6.07, 6.45) is 3.22. The molecule has 0 fully saturated rings. The minimum absolute atomic E-state index is 0.0455. The molecule has 0 saturated carbocycles. The van der Waals surface area contributed by atoms with E-state index in [1.807, 2.05) is 6.92 Å². The fourth-order valence-electron chi connectivity index (χ4n) is 2.21. The van der Waals surface area contributed by atoms with Crippen LogP contribution in [0.3, 0.4) is 0 Å². The molecule has 0 aliphatic carbocycles. The van der Waals surface area contributed by atoms with Gasteiger partial charge in [0.25, 0.3) is 5.89 Å². The molecule has 1 N–H and O–H groups in total. The van der Waals surface area contributed by atoms with Gasteiger partial charge >= 0.3 is 0 Å². The Morgan fingerprint density at radius 2 is 1.96 bits per heavy atom. The van der Waals surface area contributed by atoms with Crippen LogP contribution in [0.25, 0.3) is 11.7 Å². The normalized spacial score (nSPS) is 11.6. The maximum atomic E-state index is 13.1. The third kappa shape index (κ3) is 3.58. The van der Waals surface area contributed by atoms with Crippen LogP contribution in [0.2, 0.25) is 0 Å². The number of nitrogens with one attached hydrogen (secondary N) is 1. The number of oxazole rings is 1. The number of furan rings is 1. The number of anilines is 1. The lowest BCUT2D eigenvalue weighted by molar-refractivity contribution is 0.522. The molecule has 0 spiro atoms. The second-order valence-electron chi connectivity index (χ2n) is 5.37. The monoisotopic (exact) mass is 364 g/mol. The number of aromatic nitrogens is 1. The van der Waals surface area contributed by atoms with Crippen LogP contribution < -0.4 is 5.32 Å². The van der Waals surface area contributed by atoms with Gasteiger partial charge in [0.1, 0.15) is 5.82 Å². The number of hydrogen-bond donors (Lipinski definition) is 1. The van der Waals surface area contributed by atoms with Gasteiger partial charge in [0.2, 0.25) is 20.7 Å². The minimum Gasteiger partial charge on any atom is -0.459 e. The first-order valence-corrected chi connectivity index (χ1v) is 9.30. The number of rotatable bonds is 7. The molecule has 0 saturated heterocycles. The second-order valence-corrected chi connectivity index (χ2v) is 7.23. The van der Waals surface area contributed by atoms with E-state index in [0.717, 1.165) is 25.0 Å². The molecule has 132 valence electrons. The molecule has 2 heterocycles. The van der Waals surface area contributed by atoms with Gasteiger partial charge in [-0.25, -0.2) is 12.8 Å². The maximum Gasteiger partial charge on any atom is 0.266 e. The van der Waals surface area contributed by atoms with Gasteiger partial charge in [0.05, 0.1) is 11.2 Å². The zero-order chi connectivity index (χ0) is 17.9. The van der Waals surface area contributed by atoms with Crippen LogP contribution in [-0.4, -0.2) is 19.9 Å². The van der Waals surface area contributed by atoms with Gasteiger partial charge in [-0.3, -0.25) is 0 Å². The average Bonchev–Trinajstić information content (AvgIpc) is 3.25. The van der Waals surface area contributed by atoms with Gasteiger partial charge in [0.15, 0.2) is 5.76 Å². The molecule has 3 rings (SSSR count). The average molecular weight is 364 g/mol. The van der Waals surface area contributed by atoms with E-state index in [0.29, 0.717) is 12.3 Å². The molecule has 25 heavy (non-hydrogen) atoms. The van der Waals surface area contributed by atoms with E-state index in [4.69, 9.17) is 8.83 Å². The van der Waals surface area contributed by atoms with Crippen LogP contribution >= 0.6 is 0 Å². The van der Waals surface area contributed by atoms with Crippen molar-refractivity contribution in [2.24, 2.45) is 0 Å². The van der Waals surface area contributed by atoms with Gasteiger partial charge < -0.3 is 14.2 Å². The smallest absolute Gasteiger partial charge is 0.266 e. The molecule has 0 atom stereocenters. The quantitative estimate of drug-likeness (QED) is 0.501. The number of halogens is 1. The molecule has 3 aromatic rings. The minimum atomic E-state index is -3.97. The Labute approximate surface area is 144 Å². The molecule has 0 amide bonds. The topological polar surface area (TPSA) is 85.3 Å². The third-order valence-corrected chi connectivity index (χ3v) is 5.20. The van der Waals surface area contributed by atoms with Gasteiger partial charge in [-0.2, -0.15) is 4.98 Å². The Kier molecular flexibility index (Phi) is 4.89. The van der Waals surface area contributed by atoms with Crippen LogP contribution in [0.1, 0.15) is 19.8 Å². The molecule has 0 bridgehead atoms. The van der Waals surface area contributed by atoms with Crippen molar-refractivity contribution in [3.63, 3.8) is 0 Å². The van der Waals surface area contributed by atoms with Crippen molar-refractivity contribution < 1.29 is 21.6 Å². The summed E-state index contributed by atoms with van der Waals surface area (Å²) in [4.78, 5) is 4.03. The van der Waals surface area contributed by atoms with E-state index in [9.17, 15) is 12.8 Å². The molecule has 0 aliphatic heterocycles. The molecule has 6 nitrogen and oxygen atoms in total. The van der Waals surface area contributed by atoms with Crippen molar-refractivity contribution in [1.29, 1.82) is 0 Å². The Morgan fingerprint density at radius 1 is 1.20 bits per heavy atom. The highest BCUT2D eigenvalue weighted by Gasteiger charge is 2.29. The fraction of sp³-hybridized carbons (Fsp3) is 0.235. The first-order chi connectivity index (χ1) is 12.0. The Hall–Kier alpha value is -2.61. The second kappa shape index (κ2) is 7.10. The van der Waals surface area contributed by atoms with Crippen LogP contribution in [-0.2, 0) is 9.84 Å². The summed E-state index contributed by atoms with van der Waals surface area (Å²) in [6.45, 7) is 2.56. The van der Waals surface area contributed by atoms with E-state index in [-0.39, 0.29) is 21.7 Å². The highest BCUT2D eigenvalue weighted by atomic mass is 32.2. The molecule has 0 aliphatic rings. The summed E-state index contributed by atoms with van der Waals surface area (Å²) in [7, 11) is -3.97. The van der Waals surface area contributed by atoms with Crippen molar-refractivity contribution in [2.45, 2.75) is 29.7 Å². The molecule has 2 aromatic heterocycles. The standard InChI is InChI=1S/C17H17FN2O4S/c1-2-3-10-19-16-17(20-15(24-16)14-5-4-11-23-14)25(21,22)13-8-6-12(18)7-9-13/h4-9,11,19H,2-3,10H2,1H3. The maximum absolute atomic E-state index is 13.1. The summed E-state index contributed by atoms with van der Waals surface area (Å²) in [5.41, 5.74) is 0. The zero-order valence-electron chi connectivity index (χ0n) is 13.5. The van der Waals surface area contributed by atoms with E-state index < -0.39 is 15.7 Å². The Balaban J connectivity index is 2.04. The molecule has 0 radical (unpaired) electrons. The summed E-state index contributed by atoms with van der Waals surface area (Å²) < 4.78 is 49.6. The molecular weight excluding hydrogens is 347 g/mol. The number of unbranched alkanes of at least 4 members (excludes halogenated alkanes) is 1. The van der Waals surface area contributed by atoms with Crippen molar-refractivity contribution in [2.75, 3.05) is 11.9 Å². The van der Waals surface area contributed by atoms with Gasteiger partial charge in [-0.1, -0.05) is 13.3 Å². The highest BCUT2D eigenvalue weighted by molar-refractivity contribution is 7.91. The van der Waals surface area contributed by atoms with E-state index >= 15 is 0 Å². The lowest BCUT2D eigenvalue weighted by atomic mass is 10.3. The highest BCUT2D eigenvalue weighted by Crippen LogP contribution is 2.32. The van der Waals surface area contributed by atoms with Crippen molar-refractivity contribution in [3.05, 3.63) is 48.5 Å². The largest absolute Gasteiger partial charge is 0.459 e. The van der Waals surface area contributed by atoms with Crippen molar-refractivity contribution in [3.8, 4) is 11.7 Å². The number of nitrogens with zero attached hydrogens (tertiary/aromatic N) is 1. The fourth-order valence-corrected chi connectivity index (χ4v) is 3.49. The number of benzene rings is 1.